The highest BCUT2D eigenvalue weighted by molar-refractivity contribution is 7.99. The fourth-order valence-corrected chi connectivity index (χ4v) is 5.64. The van der Waals surface area contributed by atoms with Gasteiger partial charge in [-0.05, 0) is 42.7 Å². The minimum atomic E-state index is -3.73. The highest BCUT2D eigenvalue weighted by atomic mass is 35.5. The molecule has 6 nitrogen and oxygen atoms in total. The van der Waals surface area contributed by atoms with Gasteiger partial charge in [-0.15, -0.1) is 23.2 Å². The fraction of sp³-hybridized carbons (Fsp3) is 0.300. The molecule has 1 unspecified atom stereocenters. The van der Waals surface area contributed by atoms with Gasteiger partial charge in [-0.3, -0.25) is 9.36 Å². The monoisotopic (exact) mass is 483 g/mol. The Hall–Kier alpha value is -1.58. The molecule has 2 aromatic carbocycles. The Kier molecular flexibility index (Phi) is 5.89. The van der Waals surface area contributed by atoms with E-state index in [2.05, 4.69) is 4.98 Å². The Morgan fingerprint density at radius 2 is 1.83 bits per heavy atom. The van der Waals surface area contributed by atoms with Crippen LogP contribution in [0.25, 0.3) is 10.9 Å². The zero-order valence-corrected chi connectivity index (χ0v) is 18.9. The standard InChI is InChI=1S/C20H19Cl2N3O3S2/c21-20(22)11-14(20)12-29-19-24-17-4-2-1-3-16(17)18(26)25(19)10-9-13-5-7-15(8-6-13)30(23,27)28/h1-8,14H,9-12H2,(H2,23,27,28). The SMILES string of the molecule is NS(=O)(=O)c1ccc(CCn2c(SCC3CC3(Cl)Cl)nc3ccccc3c2=O)cc1. The molecule has 30 heavy (non-hydrogen) atoms. The van der Waals surface area contributed by atoms with E-state index < -0.39 is 14.4 Å². The number of hydrogen-bond acceptors (Lipinski definition) is 5. The number of primary sulfonamides is 1. The van der Waals surface area contributed by atoms with Crippen molar-refractivity contribution in [3.63, 3.8) is 0 Å². The van der Waals surface area contributed by atoms with Crippen molar-refractivity contribution in [1.82, 2.24) is 9.55 Å². The van der Waals surface area contributed by atoms with E-state index in [0.717, 1.165) is 12.0 Å². The number of thioether (sulfide) groups is 1. The van der Waals surface area contributed by atoms with E-state index in [9.17, 15) is 13.2 Å². The van der Waals surface area contributed by atoms with Crippen LogP contribution in [-0.2, 0) is 23.0 Å². The largest absolute Gasteiger partial charge is 0.287 e. The van der Waals surface area contributed by atoms with E-state index in [1.807, 2.05) is 18.2 Å². The molecule has 1 saturated carbocycles. The third-order valence-electron chi connectivity index (χ3n) is 5.07. The predicted molar refractivity (Wildman–Crippen MR) is 121 cm³/mol. The lowest BCUT2D eigenvalue weighted by molar-refractivity contribution is 0.593. The van der Waals surface area contributed by atoms with Gasteiger partial charge in [-0.2, -0.15) is 0 Å². The molecular formula is C20H19Cl2N3O3S2. The topological polar surface area (TPSA) is 95.1 Å². The predicted octanol–water partition coefficient (Wildman–Crippen LogP) is 3.57. The summed E-state index contributed by atoms with van der Waals surface area (Å²) in [5.41, 5.74) is 1.43. The van der Waals surface area contributed by atoms with Gasteiger partial charge in [0.05, 0.1) is 15.8 Å². The number of sulfonamides is 1. The van der Waals surface area contributed by atoms with Crippen LogP contribution in [0.1, 0.15) is 12.0 Å². The quantitative estimate of drug-likeness (QED) is 0.314. The van der Waals surface area contributed by atoms with Gasteiger partial charge in [-0.1, -0.05) is 36.0 Å². The molecule has 1 aliphatic rings. The van der Waals surface area contributed by atoms with Crippen LogP contribution in [-0.4, -0.2) is 28.1 Å². The number of aryl methyl sites for hydroxylation is 1. The third kappa shape index (κ3) is 4.68. The zero-order chi connectivity index (χ0) is 21.5. The molecule has 10 heteroatoms. The molecular weight excluding hydrogens is 465 g/mol. The highest BCUT2D eigenvalue weighted by Gasteiger charge is 2.51. The number of halogens is 2. The summed E-state index contributed by atoms with van der Waals surface area (Å²) in [7, 11) is -3.73. The van der Waals surface area contributed by atoms with Crippen LogP contribution in [0.3, 0.4) is 0 Å². The van der Waals surface area contributed by atoms with Crippen LogP contribution in [0.4, 0.5) is 0 Å². The number of nitrogens with two attached hydrogens (primary N) is 1. The van der Waals surface area contributed by atoms with Crippen LogP contribution < -0.4 is 10.7 Å². The highest BCUT2D eigenvalue weighted by Crippen LogP contribution is 2.54. The molecule has 1 fully saturated rings. The Labute approximate surface area is 188 Å². The maximum atomic E-state index is 13.1. The second kappa shape index (κ2) is 8.16. The Bertz CT molecular complexity index is 1260. The Morgan fingerprint density at radius 3 is 2.47 bits per heavy atom. The number of aromatic nitrogens is 2. The smallest absolute Gasteiger partial charge is 0.262 e. The molecule has 0 spiro atoms. The molecule has 1 aromatic heterocycles. The molecule has 0 radical (unpaired) electrons. The summed E-state index contributed by atoms with van der Waals surface area (Å²) in [5.74, 6) is 0.856. The van der Waals surface area contributed by atoms with Gasteiger partial charge in [0.15, 0.2) is 5.16 Å². The van der Waals surface area contributed by atoms with Crippen molar-refractivity contribution >= 4 is 55.9 Å². The van der Waals surface area contributed by atoms with Gasteiger partial charge in [0.2, 0.25) is 10.0 Å². The third-order valence-corrected chi connectivity index (χ3v) is 8.07. The van der Waals surface area contributed by atoms with Gasteiger partial charge >= 0.3 is 0 Å². The van der Waals surface area contributed by atoms with Gasteiger partial charge in [-0.25, -0.2) is 18.5 Å². The van der Waals surface area contributed by atoms with Crippen LogP contribution in [0.2, 0.25) is 0 Å². The first kappa shape index (κ1) is 21.6. The van der Waals surface area contributed by atoms with Gasteiger partial charge in [0.25, 0.3) is 5.56 Å². The summed E-state index contributed by atoms with van der Waals surface area (Å²) in [6.45, 7) is 0.408. The van der Waals surface area contributed by atoms with Crippen molar-refractivity contribution in [2.45, 2.75) is 33.8 Å². The second-order valence-corrected chi connectivity index (χ2v) is 11.4. The number of fused-ring (bicyclic) bond motifs is 1. The fourth-order valence-electron chi connectivity index (χ4n) is 3.17. The lowest BCUT2D eigenvalue weighted by Gasteiger charge is -2.13. The van der Waals surface area contributed by atoms with E-state index >= 15 is 0 Å². The zero-order valence-electron chi connectivity index (χ0n) is 15.8. The number of rotatable bonds is 7. The van der Waals surface area contributed by atoms with Crippen molar-refractivity contribution in [1.29, 1.82) is 0 Å². The first-order valence-electron chi connectivity index (χ1n) is 9.27. The average Bonchev–Trinajstić information content (AvgIpc) is 3.32. The van der Waals surface area contributed by atoms with Crippen LogP contribution in [0.5, 0.6) is 0 Å². The molecule has 0 aliphatic heterocycles. The number of benzene rings is 2. The van der Waals surface area contributed by atoms with Crippen molar-refractivity contribution in [2.24, 2.45) is 11.1 Å². The molecule has 2 N–H and O–H groups in total. The molecule has 4 rings (SSSR count). The number of hydrogen-bond donors (Lipinski definition) is 1. The van der Waals surface area contributed by atoms with Gasteiger partial charge < -0.3 is 0 Å². The number of nitrogens with zero attached hydrogens (tertiary/aromatic N) is 2. The molecule has 1 aliphatic carbocycles. The summed E-state index contributed by atoms with van der Waals surface area (Å²) < 4.78 is 23.8. The van der Waals surface area contributed by atoms with Crippen molar-refractivity contribution in [3.05, 3.63) is 64.4 Å². The van der Waals surface area contributed by atoms with Gasteiger partial charge in [0, 0.05) is 18.2 Å². The number of alkyl halides is 2. The van der Waals surface area contributed by atoms with E-state index in [1.54, 1.807) is 22.8 Å². The summed E-state index contributed by atoms with van der Waals surface area (Å²) in [5, 5.41) is 6.32. The molecule has 1 heterocycles. The van der Waals surface area contributed by atoms with Crippen molar-refractivity contribution in [2.75, 3.05) is 5.75 Å². The molecule has 0 bridgehead atoms. The summed E-state index contributed by atoms with van der Waals surface area (Å²) in [6, 6.07) is 13.6. The minimum absolute atomic E-state index is 0.0575. The van der Waals surface area contributed by atoms with E-state index in [1.165, 1.54) is 23.9 Å². The lowest BCUT2D eigenvalue weighted by atomic mass is 10.1. The maximum Gasteiger partial charge on any atom is 0.262 e. The van der Waals surface area contributed by atoms with Crippen molar-refractivity contribution < 1.29 is 8.42 Å². The van der Waals surface area contributed by atoms with Gasteiger partial charge in [0.1, 0.15) is 4.33 Å². The molecule has 3 aromatic rings. The van der Waals surface area contributed by atoms with Crippen molar-refractivity contribution in [3.8, 4) is 0 Å². The molecule has 1 atom stereocenters. The normalized spacial score (nSPS) is 17.9. The van der Waals surface area contributed by atoms with E-state index in [-0.39, 0.29) is 16.4 Å². The molecule has 0 amide bonds. The Morgan fingerprint density at radius 1 is 1.17 bits per heavy atom. The van der Waals surface area contributed by atoms with Crippen LogP contribution in [0, 0.1) is 5.92 Å². The first-order valence-corrected chi connectivity index (χ1v) is 12.6. The average molecular weight is 484 g/mol. The first-order chi connectivity index (χ1) is 14.1. The summed E-state index contributed by atoms with van der Waals surface area (Å²) >= 11 is 13.8. The van der Waals surface area contributed by atoms with E-state index in [0.29, 0.717) is 34.8 Å². The Balaban J connectivity index is 1.60. The maximum absolute atomic E-state index is 13.1. The minimum Gasteiger partial charge on any atom is -0.287 e. The summed E-state index contributed by atoms with van der Waals surface area (Å²) in [6.07, 6.45) is 1.27. The molecule has 0 saturated heterocycles. The van der Waals surface area contributed by atoms with Crippen LogP contribution in [0.15, 0.2) is 63.4 Å². The molecule has 158 valence electrons. The second-order valence-electron chi connectivity index (χ2n) is 7.28. The summed E-state index contributed by atoms with van der Waals surface area (Å²) in [4.78, 5) is 17.8. The van der Waals surface area contributed by atoms with Crippen LogP contribution >= 0.6 is 35.0 Å². The number of para-hydroxylation sites is 1. The van der Waals surface area contributed by atoms with E-state index in [4.69, 9.17) is 28.3 Å². The lowest BCUT2D eigenvalue weighted by Crippen LogP contribution is -2.24.